The topological polar surface area (TPSA) is 68.2 Å². The standard InChI is InChI=1S/C54H36N2.C45H29N5.C42H28N2/c1-5-17-37(18-6-1)41-29-42(38-19-7-2-8-20-38)32-45(31-41)55-51-27-15-13-25-47(51)49-36-54-50(35-53(49)55)48-26-14-16-28-52(48)56(54)46-33-43(39-21-9-3-10-22-39)30-44(34-46)40-23-11-4-12-24-40;1-4-15-30(16-5-1)43-46-44(31-17-6-2-7-18-31)48-45(47-43)32-19-14-22-34(27-32)50-40-26-13-11-24-36(40)38-28-41-37(29-42(38)50)35-23-10-12-25-39(35)49(41)33-20-8-3-9-21-33;1-3-11-29(12-4-1)30-19-21-31(22-20-30)32-23-25-34(26-24-32)44-40-18-10-8-16-36(40)38-27-41-37(28-42(38)44)35-15-7-9-17-39(35)43(41)33-13-5-2-6-14-33/h1-36H;1-29H;1-28H. The van der Waals surface area contributed by atoms with Crippen molar-refractivity contribution < 1.29 is 0 Å². The molecule has 0 N–H and O–H groups in total. The van der Waals surface area contributed by atoms with Gasteiger partial charge in [0.25, 0.3) is 0 Å². The van der Waals surface area contributed by atoms with Crippen LogP contribution in [0.4, 0.5) is 0 Å². The molecule has 0 aliphatic rings. The molecule has 23 aromatic carbocycles. The van der Waals surface area contributed by atoms with Gasteiger partial charge in [-0.2, -0.15) is 0 Å². The van der Waals surface area contributed by atoms with E-state index in [0.29, 0.717) is 17.5 Å². The number of rotatable bonds is 15. The second-order valence-corrected chi connectivity index (χ2v) is 38.5. The highest BCUT2D eigenvalue weighted by molar-refractivity contribution is 6.23. The summed E-state index contributed by atoms with van der Waals surface area (Å²) >= 11 is 0. The van der Waals surface area contributed by atoms with Gasteiger partial charge in [-0.1, -0.05) is 406 Å². The summed E-state index contributed by atoms with van der Waals surface area (Å²) in [6.45, 7) is 0. The van der Waals surface area contributed by atoms with Crippen molar-refractivity contribution in [2.45, 2.75) is 0 Å². The third-order valence-electron chi connectivity index (χ3n) is 29.7. The molecule has 0 unspecified atom stereocenters. The molecule has 0 radical (unpaired) electrons. The second kappa shape index (κ2) is 37.2. The molecule has 30 aromatic rings. The van der Waals surface area contributed by atoms with Gasteiger partial charge in [0.15, 0.2) is 17.5 Å². The fourth-order valence-electron chi connectivity index (χ4n) is 22.8. The molecular formula is C141H93N9. The maximum Gasteiger partial charge on any atom is 0.164 e. The molecule has 0 atom stereocenters. The van der Waals surface area contributed by atoms with Gasteiger partial charge in [0, 0.05) is 115 Å². The Morgan fingerprint density at radius 2 is 0.267 bits per heavy atom. The molecule has 0 aliphatic heterocycles. The van der Waals surface area contributed by atoms with Crippen molar-refractivity contribution in [2.24, 2.45) is 0 Å². The molecule has 30 rings (SSSR count). The van der Waals surface area contributed by atoms with Crippen LogP contribution in [0.25, 0.3) is 266 Å². The van der Waals surface area contributed by atoms with Crippen LogP contribution in [0.15, 0.2) is 564 Å². The molecule has 9 nitrogen and oxygen atoms in total. The minimum Gasteiger partial charge on any atom is -0.309 e. The maximum absolute atomic E-state index is 5.02. The Balaban J connectivity index is 0.000000109. The number of aromatic nitrogens is 9. The molecule has 0 aliphatic carbocycles. The van der Waals surface area contributed by atoms with Gasteiger partial charge in [-0.25, -0.2) is 15.0 Å². The lowest BCUT2D eigenvalue weighted by atomic mass is 9.98. The summed E-state index contributed by atoms with van der Waals surface area (Å²) in [5.74, 6) is 1.93. The van der Waals surface area contributed by atoms with Crippen molar-refractivity contribution in [3.05, 3.63) is 564 Å². The Kier molecular flexibility index (Phi) is 21.8. The molecule has 7 heterocycles. The van der Waals surface area contributed by atoms with Crippen molar-refractivity contribution in [1.82, 2.24) is 42.4 Å². The van der Waals surface area contributed by atoms with Gasteiger partial charge >= 0.3 is 0 Å². The van der Waals surface area contributed by atoms with Gasteiger partial charge in [0.2, 0.25) is 0 Å². The zero-order chi connectivity index (χ0) is 99.1. The van der Waals surface area contributed by atoms with Crippen molar-refractivity contribution >= 4 is 131 Å². The van der Waals surface area contributed by atoms with Crippen LogP contribution in [0.5, 0.6) is 0 Å². The minimum absolute atomic E-state index is 0.633. The normalized spacial score (nSPS) is 11.6. The molecule has 702 valence electrons. The second-order valence-electron chi connectivity index (χ2n) is 38.5. The Morgan fingerprint density at radius 3 is 0.533 bits per heavy atom. The molecule has 0 saturated carbocycles. The summed E-state index contributed by atoms with van der Waals surface area (Å²) in [6.07, 6.45) is 0. The minimum atomic E-state index is 0.633. The SMILES string of the molecule is c1ccc(-c2cc(-c3ccccc3)cc(-n3c4ccccc4c4cc5c(cc43)c3ccccc3n5-c3cc(-c4ccccc4)cc(-c4ccccc4)c3)c2)cc1.c1ccc(-c2ccc(-c3ccc(-n4c5ccccc5c5cc6c(cc54)c4ccccc4n6-c4ccccc4)cc3)cc2)cc1.c1ccc(-c2nc(-c3ccccc3)nc(-c3cccc(-n4c5ccccc5c5cc6c(cc54)c4ccccc4n6-c4ccccc4)c3)n2)cc1. The molecular weight excluding hydrogens is 1820 g/mol. The van der Waals surface area contributed by atoms with Gasteiger partial charge in [-0.3, -0.25) is 0 Å². The number of hydrogen-bond acceptors (Lipinski definition) is 3. The highest BCUT2D eigenvalue weighted by atomic mass is 15.1. The third kappa shape index (κ3) is 15.5. The van der Waals surface area contributed by atoms with E-state index in [-0.39, 0.29) is 0 Å². The zero-order valence-corrected chi connectivity index (χ0v) is 81.7. The van der Waals surface area contributed by atoms with E-state index in [1.807, 2.05) is 60.7 Å². The van der Waals surface area contributed by atoms with Crippen LogP contribution in [0.1, 0.15) is 0 Å². The van der Waals surface area contributed by atoms with Crippen molar-refractivity contribution in [2.75, 3.05) is 0 Å². The Hall–Kier alpha value is -20.1. The average molecular weight is 1910 g/mol. The third-order valence-corrected chi connectivity index (χ3v) is 29.7. The average Bonchev–Trinajstić information content (AvgIpc) is 1.56. The fourth-order valence-corrected chi connectivity index (χ4v) is 22.8. The lowest BCUT2D eigenvalue weighted by Crippen LogP contribution is -2.01. The first-order chi connectivity index (χ1) is 74.4. The van der Waals surface area contributed by atoms with E-state index in [1.54, 1.807) is 0 Å². The number of para-hydroxylation sites is 8. The first kappa shape index (κ1) is 87.6. The largest absolute Gasteiger partial charge is 0.309 e. The van der Waals surface area contributed by atoms with Crippen LogP contribution in [0.3, 0.4) is 0 Å². The quantitative estimate of drug-likeness (QED) is 0.103. The Bertz CT molecular complexity index is 10000. The highest BCUT2D eigenvalue weighted by Crippen LogP contribution is 2.48. The van der Waals surface area contributed by atoms with Gasteiger partial charge in [0.1, 0.15) is 0 Å². The van der Waals surface area contributed by atoms with Crippen molar-refractivity contribution in [3.63, 3.8) is 0 Å². The van der Waals surface area contributed by atoms with Crippen LogP contribution in [0, 0.1) is 0 Å². The molecule has 0 spiro atoms. The Morgan fingerprint density at radius 1 is 0.0933 bits per heavy atom. The molecule has 7 aromatic heterocycles. The Labute approximate surface area is 866 Å². The summed E-state index contributed by atoms with van der Waals surface area (Å²) in [5.41, 5.74) is 38.4. The van der Waals surface area contributed by atoms with E-state index in [2.05, 4.69) is 531 Å². The molecule has 0 bridgehead atoms. The monoisotopic (exact) mass is 1910 g/mol. The first-order valence-corrected chi connectivity index (χ1v) is 51.2. The molecule has 0 saturated heterocycles. The van der Waals surface area contributed by atoms with Crippen LogP contribution < -0.4 is 0 Å². The van der Waals surface area contributed by atoms with Crippen molar-refractivity contribution in [3.8, 4) is 135 Å². The van der Waals surface area contributed by atoms with Gasteiger partial charge in [-0.15, -0.1) is 0 Å². The summed E-state index contributed by atoms with van der Waals surface area (Å²) in [7, 11) is 0. The predicted octanol–water partition coefficient (Wildman–Crippen LogP) is 36.8. The lowest BCUT2D eigenvalue weighted by molar-refractivity contribution is 1.07. The van der Waals surface area contributed by atoms with E-state index in [0.717, 1.165) is 56.2 Å². The smallest absolute Gasteiger partial charge is 0.164 e. The van der Waals surface area contributed by atoms with E-state index in [4.69, 9.17) is 15.0 Å². The highest BCUT2D eigenvalue weighted by Gasteiger charge is 2.26. The molecule has 150 heavy (non-hydrogen) atoms. The van der Waals surface area contributed by atoms with Crippen LogP contribution in [-0.2, 0) is 0 Å². The van der Waals surface area contributed by atoms with Gasteiger partial charge < -0.3 is 27.4 Å². The number of fused-ring (bicyclic) bond motifs is 18. The zero-order valence-electron chi connectivity index (χ0n) is 81.7. The van der Waals surface area contributed by atoms with E-state index < -0.39 is 0 Å². The summed E-state index contributed by atoms with van der Waals surface area (Å²) < 4.78 is 14.5. The van der Waals surface area contributed by atoms with E-state index in [9.17, 15) is 0 Å². The predicted molar refractivity (Wildman–Crippen MR) is 628 cm³/mol. The van der Waals surface area contributed by atoms with Crippen molar-refractivity contribution in [1.29, 1.82) is 0 Å². The van der Waals surface area contributed by atoms with E-state index >= 15 is 0 Å². The lowest BCUT2D eigenvalue weighted by Gasteiger charge is -2.15. The summed E-state index contributed by atoms with van der Waals surface area (Å²) in [6, 6.07) is 202. The summed E-state index contributed by atoms with van der Waals surface area (Å²) in [5, 5.41) is 14.8. The van der Waals surface area contributed by atoms with E-state index in [1.165, 1.54) is 192 Å². The number of nitrogens with zero attached hydrogens (tertiary/aromatic N) is 9. The molecule has 9 heteroatoms. The van der Waals surface area contributed by atoms with Gasteiger partial charge in [-0.05, 0) is 224 Å². The molecule has 0 amide bonds. The first-order valence-electron chi connectivity index (χ1n) is 51.2. The van der Waals surface area contributed by atoms with Crippen LogP contribution in [-0.4, -0.2) is 42.4 Å². The fraction of sp³-hybridized carbons (Fsp3) is 0. The van der Waals surface area contributed by atoms with Crippen LogP contribution in [0.2, 0.25) is 0 Å². The number of hydrogen-bond donors (Lipinski definition) is 0. The van der Waals surface area contributed by atoms with Gasteiger partial charge in [0.05, 0.1) is 66.2 Å². The summed E-state index contributed by atoms with van der Waals surface area (Å²) in [4.78, 5) is 14.9. The maximum atomic E-state index is 5.02. The molecule has 0 fully saturated rings. The van der Waals surface area contributed by atoms with Crippen LogP contribution >= 0.6 is 0 Å². The number of benzene rings is 23.